The van der Waals surface area contributed by atoms with Crippen LogP contribution in [0, 0.1) is 6.92 Å². The van der Waals surface area contributed by atoms with Crippen molar-refractivity contribution < 1.29 is 32.6 Å². The van der Waals surface area contributed by atoms with E-state index in [-0.39, 0.29) is 22.1 Å². The standard InChI is InChI=1S/C21H24N2O7S/c1-14-5-8-16(12-19(14)31(27,28)23(2)3)22-20(25)13-30-21(26)10-7-15-6-9-17(24)18(11-15)29-4/h5-12,24H,13H2,1-4H3,(H,22,25). The number of aryl methyl sites for hydroxylation is 1. The van der Waals surface area contributed by atoms with Gasteiger partial charge in [-0.05, 0) is 48.4 Å². The van der Waals surface area contributed by atoms with Gasteiger partial charge in [0.05, 0.1) is 12.0 Å². The van der Waals surface area contributed by atoms with E-state index in [1.807, 2.05) is 0 Å². The maximum atomic E-state index is 12.4. The number of amides is 1. The number of ether oxygens (including phenoxy) is 2. The summed E-state index contributed by atoms with van der Waals surface area (Å²) in [6.45, 7) is 1.10. The molecule has 0 saturated carbocycles. The number of anilines is 1. The quantitative estimate of drug-likeness (QED) is 0.469. The second-order valence-corrected chi connectivity index (χ2v) is 8.81. The van der Waals surface area contributed by atoms with Crippen molar-refractivity contribution in [3.8, 4) is 11.5 Å². The first-order valence-electron chi connectivity index (χ1n) is 9.09. The zero-order valence-electron chi connectivity index (χ0n) is 17.6. The number of phenols is 1. The van der Waals surface area contributed by atoms with Crippen molar-refractivity contribution in [3.05, 3.63) is 53.6 Å². The number of nitrogens with one attached hydrogen (secondary N) is 1. The lowest BCUT2D eigenvalue weighted by molar-refractivity contribution is -0.142. The minimum atomic E-state index is -3.67. The SMILES string of the molecule is COc1cc(C=CC(=O)OCC(=O)Nc2ccc(C)c(S(=O)(=O)N(C)C)c2)ccc1O. The number of carbonyl (C=O) groups excluding carboxylic acids is 2. The molecule has 1 amide bonds. The number of sulfonamides is 1. The van der Waals surface area contributed by atoms with Crippen LogP contribution in [0.5, 0.6) is 11.5 Å². The fraction of sp³-hybridized carbons (Fsp3) is 0.238. The number of aromatic hydroxyl groups is 1. The fourth-order valence-electron chi connectivity index (χ4n) is 2.50. The fourth-order valence-corrected chi connectivity index (χ4v) is 3.64. The second-order valence-electron chi connectivity index (χ2n) is 6.69. The van der Waals surface area contributed by atoms with Gasteiger partial charge in [-0.25, -0.2) is 17.5 Å². The molecule has 0 aromatic heterocycles. The van der Waals surface area contributed by atoms with E-state index in [0.717, 1.165) is 10.4 Å². The van der Waals surface area contributed by atoms with Gasteiger partial charge < -0.3 is 19.9 Å². The monoisotopic (exact) mass is 448 g/mol. The number of hydrogen-bond acceptors (Lipinski definition) is 7. The van der Waals surface area contributed by atoms with Crippen LogP contribution in [-0.2, 0) is 24.3 Å². The first-order valence-corrected chi connectivity index (χ1v) is 10.5. The number of nitrogens with zero attached hydrogens (tertiary/aromatic N) is 1. The van der Waals surface area contributed by atoms with E-state index in [2.05, 4.69) is 5.32 Å². The lowest BCUT2D eigenvalue weighted by Gasteiger charge is -2.15. The summed E-state index contributed by atoms with van der Waals surface area (Å²) in [4.78, 5) is 24.0. The summed E-state index contributed by atoms with van der Waals surface area (Å²) >= 11 is 0. The van der Waals surface area contributed by atoms with Gasteiger partial charge in [-0.15, -0.1) is 0 Å². The van der Waals surface area contributed by atoms with Crippen LogP contribution in [0.15, 0.2) is 47.4 Å². The van der Waals surface area contributed by atoms with Crippen LogP contribution in [0.3, 0.4) is 0 Å². The summed E-state index contributed by atoms with van der Waals surface area (Å²) in [5.41, 5.74) is 1.39. The number of rotatable bonds is 8. The molecule has 0 saturated heterocycles. The topological polar surface area (TPSA) is 122 Å². The largest absolute Gasteiger partial charge is 0.504 e. The molecule has 31 heavy (non-hydrogen) atoms. The van der Waals surface area contributed by atoms with E-state index < -0.39 is 28.5 Å². The number of methoxy groups -OCH3 is 1. The molecule has 0 spiro atoms. The van der Waals surface area contributed by atoms with E-state index in [0.29, 0.717) is 11.1 Å². The molecule has 2 N–H and O–H groups in total. The molecule has 2 aromatic rings. The Hall–Kier alpha value is -3.37. The maximum absolute atomic E-state index is 12.4. The summed E-state index contributed by atoms with van der Waals surface area (Å²) < 4.78 is 35.7. The van der Waals surface area contributed by atoms with Gasteiger partial charge in [-0.2, -0.15) is 0 Å². The first kappa shape index (κ1) is 23.9. The molecule has 0 aliphatic carbocycles. The Morgan fingerprint density at radius 3 is 2.52 bits per heavy atom. The van der Waals surface area contributed by atoms with Crippen molar-refractivity contribution in [2.75, 3.05) is 33.1 Å². The highest BCUT2D eigenvalue weighted by atomic mass is 32.2. The molecule has 10 heteroatoms. The summed E-state index contributed by atoms with van der Waals surface area (Å²) in [6.07, 6.45) is 2.58. The molecular formula is C21H24N2O7S. The van der Waals surface area contributed by atoms with Crippen molar-refractivity contribution in [2.45, 2.75) is 11.8 Å². The van der Waals surface area contributed by atoms with E-state index in [1.54, 1.807) is 25.1 Å². The Morgan fingerprint density at radius 1 is 1.16 bits per heavy atom. The van der Waals surface area contributed by atoms with Gasteiger partial charge in [0.15, 0.2) is 18.1 Å². The Balaban J connectivity index is 1.97. The van der Waals surface area contributed by atoms with E-state index in [9.17, 15) is 23.1 Å². The van der Waals surface area contributed by atoms with Crippen molar-refractivity contribution in [1.82, 2.24) is 4.31 Å². The first-order chi connectivity index (χ1) is 14.5. The smallest absolute Gasteiger partial charge is 0.331 e. The van der Waals surface area contributed by atoms with Gasteiger partial charge >= 0.3 is 5.97 Å². The lowest BCUT2D eigenvalue weighted by atomic mass is 10.2. The average Bonchev–Trinajstić information content (AvgIpc) is 2.72. The molecule has 0 fully saturated rings. The predicted molar refractivity (Wildman–Crippen MR) is 115 cm³/mol. The van der Waals surface area contributed by atoms with Crippen LogP contribution < -0.4 is 10.1 Å². The summed E-state index contributed by atoms with van der Waals surface area (Å²) in [5.74, 6) is -1.15. The van der Waals surface area contributed by atoms with Crippen molar-refractivity contribution in [1.29, 1.82) is 0 Å². The number of benzene rings is 2. The van der Waals surface area contributed by atoms with Crippen molar-refractivity contribution >= 4 is 33.7 Å². The Morgan fingerprint density at radius 2 is 1.87 bits per heavy atom. The zero-order valence-corrected chi connectivity index (χ0v) is 18.4. The van der Waals surface area contributed by atoms with E-state index in [4.69, 9.17) is 9.47 Å². The van der Waals surface area contributed by atoms with Crippen LogP contribution in [0.4, 0.5) is 5.69 Å². The third kappa shape index (κ3) is 6.30. The lowest BCUT2D eigenvalue weighted by Crippen LogP contribution is -2.24. The molecule has 2 rings (SSSR count). The summed E-state index contributed by atoms with van der Waals surface area (Å²) in [7, 11) is 0.571. The predicted octanol–water partition coefficient (Wildman–Crippen LogP) is 2.15. The van der Waals surface area contributed by atoms with E-state index in [1.165, 1.54) is 45.5 Å². The minimum Gasteiger partial charge on any atom is -0.504 e. The van der Waals surface area contributed by atoms with Gasteiger partial charge in [-0.3, -0.25) is 4.79 Å². The van der Waals surface area contributed by atoms with Crippen LogP contribution in [-0.4, -0.2) is 57.5 Å². The Labute approximate surface area is 180 Å². The van der Waals surface area contributed by atoms with Gasteiger partial charge in [-0.1, -0.05) is 12.1 Å². The number of esters is 1. The van der Waals surface area contributed by atoms with Crippen molar-refractivity contribution in [3.63, 3.8) is 0 Å². The number of carbonyl (C=O) groups is 2. The highest BCUT2D eigenvalue weighted by molar-refractivity contribution is 7.89. The summed E-state index contributed by atoms with van der Waals surface area (Å²) in [5, 5.41) is 12.1. The minimum absolute atomic E-state index is 0.0310. The van der Waals surface area contributed by atoms with E-state index >= 15 is 0 Å². The number of hydrogen-bond donors (Lipinski definition) is 2. The molecule has 0 bridgehead atoms. The van der Waals surface area contributed by atoms with Gasteiger partial charge in [0.25, 0.3) is 5.91 Å². The Bertz CT molecular complexity index is 1110. The van der Waals surface area contributed by atoms with Gasteiger partial charge in [0.1, 0.15) is 0 Å². The van der Waals surface area contributed by atoms with Crippen LogP contribution in [0.1, 0.15) is 11.1 Å². The second kappa shape index (κ2) is 10.1. The normalized spacial score (nSPS) is 11.5. The van der Waals surface area contributed by atoms with Gasteiger partial charge in [0.2, 0.25) is 10.0 Å². The average molecular weight is 448 g/mol. The molecule has 2 aromatic carbocycles. The Kier molecular flexibility index (Phi) is 7.78. The zero-order chi connectivity index (χ0) is 23.2. The van der Waals surface area contributed by atoms with Crippen molar-refractivity contribution in [2.24, 2.45) is 0 Å². The molecule has 166 valence electrons. The van der Waals surface area contributed by atoms with Gasteiger partial charge in [0, 0.05) is 25.9 Å². The molecule has 0 heterocycles. The molecular weight excluding hydrogens is 424 g/mol. The molecule has 0 aliphatic heterocycles. The highest BCUT2D eigenvalue weighted by Crippen LogP contribution is 2.26. The molecule has 9 nitrogen and oxygen atoms in total. The van der Waals surface area contributed by atoms with Crippen LogP contribution in [0.25, 0.3) is 6.08 Å². The highest BCUT2D eigenvalue weighted by Gasteiger charge is 2.20. The maximum Gasteiger partial charge on any atom is 0.331 e. The molecule has 0 aliphatic rings. The third-order valence-electron chi connectivity index (χ3n) is 4.19. The van der Waals surface area contributed by atoms with Crippen LogP contribution >= 0.6 is 0 Å². The van der Waals surface area contributed by atoms with Crippen LogP contribution in [0.2, 0.25) is 0 Å². The molecule has 0 atom stereocenters. The molecule has 0 unspecified atom stereocenters. The molecule has 0 radical (unpaired) electrons. The third-order valence-corrected chi connectivity index (χ3v) is 6.15. The number of phenolic OH excluding ortho intramolecular Hbond substituents is 1. The summed E-state index contributed by atoms with van der Waals surface area (Å²) in [6, 6.07) is 9.01.